The highest BCUT2D eigenvalue weighted by molar-refractivity contribution is 5.73. The number of aliphatic hydroxyl groups excluding tert-OH is 1. The lowest BCUT2D eigenvalue weighted by Gasteiger charge is -2.26. The van der Waals surface area contributed by atoms with Crippen LogP contribution in [0, 0.1) is 0 Å². The molecule has 1 aromatic rings. The standard InChI is InChI=1S/C15H24N2O6/c1-15(2,3)23-14(20)17-11(13(18)19)8-22-12-7-9(21-4)5-6-10(12)16/h5-7,11,14,17,20H,8,16H2,1-4H3,(H,18,19)/t11-,14?/m0/s1. The molecule has 0 radical (unpaired) electrons. The van der Waals surface area contributed by atoms with Gasteiger partial charge in [0.15, 0.2) is 0 Å². The second kappa shape index (κ2) is 8.00. The third-order valence-corrected chi connectivity index (χ3v) is 2.73. The summed E-state index contributed by atoms with van der Waals surface area (Å²) in [6, 6.07) is 3.62. The van der Waals surface area contributed by atoms with E-state index in [2.05, 4.69) is 5.32 Å². The zero-order chi connectivity index (χ0) is 17.6. The van der Waals surface area contributed by atoms with Crippen molar-refractivity contribution in [2.75, 3.05) is 19.5 Å². The summed E-state index contributed by atoms with van der Waals surface area (Å²) >= 11 is 0. The normalized spacial score (nSPS) is 14.1. The number of benzene rings is 1. The number of carboxylic acid groups (broad SMARTS) is 1. The predicted molar refractivity (Wildman–Crippen MR) is 84.3 cm³/mol. The molecule has 1 rings (SSSR count). The van der Waals surface area contributed by atoms with Crippen LogP contribution in [0.4, 0.5) is 5.69 Å². The monoisotopic (exact) mass is 328 g/mol. The Morgan fingerprint density at radius 3 is 2.57 bits per heavy atom. The Hall–Kier alpha value is -2.03. The minimum absolute atomic E-state index is 0.253. The van der Waals surface area contributed by atoms with Gasteiger partial charge in [-0.25, -0.2) is 0 Å². The number of ether oxygens (including phenoxy) is 3. The van der Waals surface area contributed by atoms with E-state index >= 15 is 0 Å². The van der Waals surface area contributed by atoms with Crippen LogP contribution in [0.2, 0.25) is 0 Å². The number of hydrogen-bond acceptors (Lipinski definition) is 7. The average Bonchev–Trinajstić information content (AvgIpc) is 2.42. The van der Waals surface area contributed by atoms with E-state index in [0.29, 0.717) is 17.2 Å². The van der Waals surface area contributed by atoms with Crippen molar-refractivity contribution in [3.05, 3.63) is 18.2 Å². The van der Waals surface area contributed by atoms with E-state index in [-0.39, 0.29) is 6.61 Å². The second-order valence-corrected chi connectivity index (χ2v) is 5.85. The fourth-order valence-electron chi connectivity index (χ4n) is 1.67. The highest BCUT2D eigenvalue weighted by atomic mass is 16.6. The summed E-state index contributed by atoms with van der Waals surface area (Å²) in [4.78, 5) is 11.3. The van der Waals surface area contributed by atoms with Crippen LogP contribution < -0.4 is 20.5 Å². The first-order valence-electron chi connectivity index (χ1n) is 7.03. The number of hydrogen-bond donors (Lipinski definition) is 4. The van der Waals surface area contributed by atoms with Gasteiger partial charge in [-0.05, 0) is 32.9 Å². The molecule has 0 bridgehead atoms. The van der Waals surface area contributed by atoms with Crippen molar-refractivity contribution < 1.29 is 29.2 Å². The van der Waals surface area contributed by atoms with Crippen molar-refractivity contribution in [2.24, 2.45) is 0 Å². The Labute approximate surface area is 135 Å². The van der Waals surface area contributed by atoms with Crippen LogP contribution in [0.25, 0.3) is 0 Å². The van der Waals surface area contributed by atoms with Crippen LogP contribution in [0.1, 0.15) is 20.8 Å². The lowest BCUT2D eigenvalue weighted by Crippen LogP contribution is -2.49. The molecule has 23 heavy (non-hydrogen) atoms. The predicted octanol–water partition coefficient (Wildman–Crippen LogP) is 0.790. The number of nitrogens with two attached hydrogens (primary N) is 1. The Kier molecular flexibility index (Phi) is 6.62. The molecular formula is C15H24N2O6. The molecule has 5 N–H and O–H groups in total. The number of aliphatic hydroxyl groups is 1. The van der Waals surface area contributed by atoms with Gasteiger partial charge in [-0.2, -0.15) is 0 Å². The topological polar surface area (TPSA) is 123 Å². The Morgan fingerprint density at radius 1 is 1.39 bits per heavy atom. The molecule has 8 nitrogen and oxygen atoms in total. The Morgan fingerprint density at radius 2 is 2.04 bits per heavy atom. The number of aliphatic carboxylic acids is 1. The van der Waals surface area contributed by atoms with E-state index in [1.165, 1.54) is 7.11 Å². The summed E-state index contributed by atoms with van der Waals surface area (Å²) in [6.07, 6.45) is -1.44. The zero-order valence-corrected chi connectivity index (χ0v) is 13.7. The molecule has 130 valence electrons. The third kappa shape index (κ3) is 6.72. The number of nitrogens with one attached hydrogen (secondary N) is 1. The second-order valence-electron chi connectivity index (χ2n) is 5.85. The number of methoxy groups -OCH3 is 1. The fraction of sp³-hybridized carbons (Fsp3) is 0.533. The molecular weight excluding hydrogens is 304 g/mol. The van der Waals surface area contributed by atoms with Crippen LogP contribution in [0.15, 0.2) is 18.2 Å². The first kappa shape index (κ1) is 19.0. The largest absolute Gasteiger partial charge is 0.497 e. The van der Waals surface area contributed by atoms with E-state index < -0.39 is 24.0 Å². The molecule has 0 aliphatic carbocycles. The highest BCUT2D eigenvalue weighted by Gasteiger charge is 2.25. The molecule has 0 aliphatic rings. The van der Waals surface area contributed by atoms with Gasteiger partial charge < -0.3 is 30.2 Å². The summed E-state index contributed by atoms with van der Waals surface area (Å²) in [7, 11) is 1.50. The molecule has 1 unspecified atom stereocenters. The molecule has 2 atom stereocenters. The maximum Gasteiger partial charge on any atom is 0.324 e. The minimum Gasteiger partial charge on any atom is -0.497 e. The average molecular weight is 328 g/mol. The van der Waals surface area contributed by atoms with Crippen LogP contribution in [0.5, 0.6) is 11.5 Å². The first-order valence-corrected chi connectivity index (χ1v) is 7.03. The van der Waals surface area contributed by atoms with Crippen molar-refractivity contribution in [2.45, 2.75) is 38.8 Å². The van der Waals surface area contributed by atoms with Crippen molar-refractivity contribution in [3.8, 4) is 11.5 Å². The van der Waals surface area contributed by atoms with Gasteiger partial charge >= 0.3 is 5.97 Å². The van der Waals surface area contributed by atoms with Crippen LogP contribution in [-0.2, 0) is 9.53 Å². The Bertz CT molecular complexity index is 529. The van der Waals surface area contributed by atoms with Gasteiger partial charge in [0, 0.05) is 6.07 Å². The SMILES string of the molecule is COc1ccc(N)c(OC[C@H](NC(O)OC(C)(C)C)C(=O)O)c1. The van der Waals surface area contributed by atoms with E-state index in [4.69, 9.17) is 19.9 Å². The smallest absolute Gasteiger partial charge is 0.324 e. The number of rotatable bonds is 8. The summed E-state index contributed by atoms with van der Waals surface area (Å²) in [5.41, 5.74) is 5.49. The molecule has 0 saturated carbocycles. The molecule has 8 heteroatoms. The molecule has 1 aromatic carbocycles. The van der Waals surface area contributed by atoms with E-state index in [9.17, 15) is 15.0 Å². The van der Waals surface area contributed by atoms with E-state index in [1.54, 1.807) is 39.0 Å². The Balaban J connectivity index is 2.68. The van der Waals surface area contributed by atoms with Gasteiger partial charge in [0.25, 0.3) is 0 Å². The molecule has 0 fully saturated rings. The number of carboxylic acids is 1. The van der Waals surface area contributed by atoms with Gasteiger partial charge in [0.1, 0.15) is 24.1 Å². The van der Waals surface area contributed by atoms with Crippen LogP contribution in [0.3, 0.4) is 0 Å². The van der Waals surface area contributed by atoms with Crippen molar-refractivity contribution >= 4 is 11.7 Å². The van der Waals surface area contributed by atoms with Gasteiger partial charge in [-0.15, -0.1) is 0 Å². The molecule has 0 aromatic heterocycles. The van der Waals surface area contributed by atoms with Crippen LogP contribution in [-0.4, -0.2) is 48.0 Å². The highest BCUT2D eigenvalue weighted by Crippen LogP contribution is 2.26. The molecule has 0 amide bonds. The fourth-order valence-corrected chi connectivity index (χ4v) is 1.67. The van der Waals surface area contributed by atoms with Crippen molar-refractivity contribution in [3.63, 3.8) is 0 Å². The molecule has 0 spiro atoms. The van der Waals surface area contributed by atoms with Gasteiger partial charge in [0.2, 0.25) is 6.41 Å². The van der Waals surface area contributed by atoms with Gasteiger partial charge in [0.05, 0.1) is 18.4 Å². The van der Waals surface area contributed by atoms with E-state index in [1.807, 2.05) is 0 Å². The molecule has 0 saturated heterocycles. The number of nitrogen functional groups attached to an aromatic ring is 1. The van der Waals surface area contributed by atoms with Gasteiger partial charge in [-0.1, -0.05) is 0 Å². The van der Waals surface area contributed by atoms with Gasteiger partial charge in [-0.3, -0.25) is 10.1 Å². The lowest BCUT2D eigenvalue weighted by molar-refractivity contribution is -0.190. The summed E-state index contributed by atoms with van der Waals surface area (Å²) < 4.78 is 15.7. The van der Waals surface area contributed by atoms with E-state index in [0.717, 1.165) is 0 Å². The van der Waals surface area contributed by atoms with Crippen molar-refractivity contribution in [1.29, 1.82) is 0 Å². The number of anilines is 1. The van der Waals surface area contributed by atoms with Crippen LogP contribution >= 0.6 is 0 Å². The first-order chi connectivity index (χ1) is 10.6. The summed E-state index contributed by atoms with van der Waals surface area (Å²) in [5, 5.41) is 21.4. The van der Waals surface area contributed by atoms with Crippen molar-refractivity contribution in [1.82, 2.24) is 5.32 Å². The zero-order valence-electron chi connectivity index (χ0n) is 13.7. The third-order valence-electron chi connectivity index (χ3n) is 2.73. The summed E-state index contributed by atoms with van der Waals surface area (Å²) in [6.45, 7) is 4.96. The minimum atomic E-state index is -1.44. The maximum atomic E-state index is 11.3. The summed E-state index contributed by atoms with van der Waals surface area (Å²) in [5.74, 6) is -0.364. The maximum absolute atomic E-state index is 11.3. The quantitative estimate of drug-likeness (QED) is 0.408. The number of carbonyl (C=O) groups is 1. The molecule has 0 heterocycles. The lowest BCUT2D eigenvalue weighted by atomic mass is 10.2. The molecule has 0 aliphatic heterocycles.